The fourth-order valence-electron chi connectivity index (χ4n) is 3.45. The largest absolute Gasteiger partial charge is 0.352 e. The maximum Gasteiger partial charge on any atom is 0.244 e. The molecule has 2 amide bonds. The number of sulfonamides is 1. The number of amides is 2. The molecular formula is C24H29Cl4N3O4S. The molecule has 2 aromatic rings. The van der Waals surface area contributed by atoms with Gasteiger partial charge in [-0.15, -0.1) is 0 Å². The first-order valence-corrected chi connectivity index (χ1v) is 14.6. The zero-order chi connectivity index (χ0) is 27.2. The number of nitrogens with zero attached hydrogens (tertiary/aromatic N) is 2. The van der Waals surface area contributed by atoms with Gasteiger partial charge in [-0.1, -0.05) is 66.3 Å². The van der Waals surface area contributed by atoms with Gasteiger partial charge in [0.25, 0.3) is 0 Å². The number of benzene rings is 2. The van der Waals surface area contributed by atoms with Crippen LogP contribution >= 0.6 is 46.4 Å². The fourth-order valence-corrected chi connectivity index (χ4v) is 4.90. The van der Waals surface area contributed by atoms with Crippen molar-refractivity contribution < 1.29 is 18.0 Å². The molecule has 0 saturated carbocycles. The third-order valence-electron chi connectivity index (χ3n) is 5.59. The first-order chi connectivity index (χ1) is 16.8. The highest BCUT2D eigenvalue weighted by Crippen LogP contribution is 2.29. The van der Waals surface area contributed by atoms with Crippen LogP contribution < -0.4 is 9.62 Å². The van der Waals surface area contributed by atoms with Crippen molar-refractivity contribution >= 4 is 73.9 Å². The molecule has 0 fully saturated rings. The van der Waals surface area contributed by atoms with Crippen molar-refractivity contribution in [3.63, 3.8) is 0 Å². The Kier molecular flexibility index (Phi) is 11.2. The summed E-state index contributed by atoms with van der Waals surface area (Å²) >= 11 is 24.3. The quantitative estimate of drug-likeness (QED) is 0.356. The van der Waals surface area contributed by atoms with E-state index in [1.807, 2.05) is 13.8 Å². The second-order valence-corrected chi connectivity index (χ2v) is 11.9. The molecule has 0 radical (unpaired) electrons. The Morgan fingerprint density at radius 3 is 2.00 bits per heavy atom. The number of anilines is 1. The molecule has 0 saturated heterocycles. The van der Waals surface area contributed by atoms with E-state index in [4.69, 9.17) is 46.4 Å². The summed E-state index contributed by atoms with van der Waals surface area (Å²) < 4.78 is 26.2. The third-order valence-corrected chi connectivity index (χ3v) is 8.21. The molecule has 2 rings (SSSR count). The van der Waals surface area contributed by atoms with E-state index in [1.165, 1.54) is 23.1 Å². The lowest BCUT2D eigenvalue weighted by Gasteiger charge is -2.33. The van der Waals surface area contributed by atoms with Crippen LogP contribution in [-0.2, 0) is 26.2 Å². The lowest BCUT2D eigenvalue weighted by molar-refractivity contribution is -0.140. The van der Waals surface area contributed by atoms with Gasteiger partial charge >= 0.3 is 0 Å². The Hall–Kier alpha value is -1.71. The number of carbonyl (C=O) groups excluding carboxylic acids is 2. The van der Waals surface area contributed by atoms with E-state index in [2.05, 4.69) is 5.32 Å². The van der Waals surface area contributed by atoms with Crippen molar-refractivity contribution in [2.24, 2.45) is 0 Å². The molecule has 0 aliphatic carbocycles. The average molecular weight is 597 g/mol. The van der Waals surface area contributed by atoms with Crippen LogP contribution in [0.15, 0.2) is 36.4 Å². The van der Waals surface area contributed by atoms with Gasteiger partial charge in [0, 0.05) is 12.6 Å². The predicted molar refractivity (Wildman–Crippen MR) is 148 cm³/mol. The van der Waals surface area contributed by atoms with Gasteiger partial charge in [0.15, 0.2) is 0 Å². The van der Waals surface area contributed by atoms with E-state index >= 15 is 0 Å². The lowest BCUT2D eigenvalue weighted by atomic mass is 10.1. The minimum absolute atomic E-state index is 0.0150. The summed E-state index contributed by atoms with van der Waals surface area (Å²) in [5, 5.41) is 3.94. The van der Waals surface area contributed by atoms with Crippen molar-refractivity contribution in [2.45, 2.75) is 52.2 Å². The molecule has 0 aromatic heterocycles. The van der Waals surface area contributed by atoms with Crippen LogP contribution in [0.4, 0.5) is 5.69 Å². The molecule has 2 atom stereocenters. The van der Waals surface area contributed by atoms with Gasteiger partial charge in [0.1, 0.15) is 12.6 Å². The van der Waals surface area contributed by atoms with Gasteiger partial charge in [-0.25, -0.2) is 8.42 Å². The van der Waals surface area contributed by atoms with Crippen LogP contribution in [-0.4, -0.2) is 50.0 Å². The molecule has 0 spiro atoms. The van der Waals surface area contributed by atoms with Gasteiger partial charge in [-0.3, -0.25) is 13.9 Å². The summed E-state index contributed by atoms with van der Waals surface area (Å²) in [6, 6.07) is 8.23. The Morgan fingerprint density at radius 1 is 0.917 bits per heavy atom. The average Bonchev–Trinajstić information content (AvgIpc) is 2.80. The number of rotatable bonds is 11. The van der Waals surface area contributed by atoms with E-state index in [9.17, 15) is 18.0 Å². The zero-order valence-electron chi connectivity index (χ0n) is 20.4. The Labute approximate surface area is 232 Å². The smallest absolute Gasteiger partial charge is 0.244 e. The van der Waals surface area contributed by atoms with Gasteiger partial charge in [-0.2, -0.15) is 0 Å². The van der Waals surface area contributed by atoms with Crippen molar-refractivity contribution in [3.05, 3.63) is 62.1 Å². The van der Waals surface area contributed by atoms with Crippen LogP contribution in [0.1, 0.15) is 39.2 Å². The number of nitrogens with one attached hydrogen (secondary N) is 1. The van der Waals surface area contributed by atoms with Crippen LogP contribution in [0.3, 0.4) is 0 Å². The minimum atomic E-state index is -3.89. The number of halogens is 4. The highest BCUT2D eigenvalue weighted by molar-refractivity contribution is 7.92. The fraction of sp³-hybridized carbons (Fsp3) is 0.417. The van der Waals surface area contributed by atoms with Crippen molar-refractivity contribution in [1.29, 1.82) is 0 Å². The minimum Gasteiger partial charge on any atom is -0.352 e. The van der Waals surface area contributed by atoms with Gasteiger partial charge in [0.05, 0.1) is 32.0 Å². The second kappa shape index (κ2) is 13.2. The topological polar surface area (TPSA) is 86.8 Å². The van der Waals surface area contributed by atoms with E-state index in [0.717, 1.165) is 10.6 Å². The molecule has 0 unspecified atom stereocenters. The van der Waals surface area contributed by atoms with E-state index in [0.29, 0.717) is 28.5 Å². The van der Waals surface area contributed by atoms with E-state index < -0.39 is 28.5 Å². The van der Waals surface area contributed by atoms with Gasteiger partial charge in [-0.05, 0) is 55.7 Å². The van der Waals surface area contributed by atoms with Crippen LogP contribution in [0.25, 0.3) is 0 Å². The summed E-state index contributed by atoms with van der Waals surface area (Å²) in [5.74, 6) is -0.913. The van der Waals surface area contributed by atoms with Gasteiger partial charge < -0.3 is 10.2 Å². The molecule has 2 aromatic carbocycles. The highest BCUT2D eigenvalue weighted by Gasteiger charge is 2.32. The zero-order valence-corrected chi connectivity index (χ0v) is 24.2. The molecule has 7 nitrogen and oxygen atoms in total. The molecule has 0 bridgehead atoms. The first kappa shape index (κ1) is 30.5. The second-order valence-electron chi connectivity index (χ2n) is 8.38. The normalized spacial score (nSPS) is 13.1. The molecule has 0 aliphatic heterocycles. The maximum absolute atomic E-state index is 13.7. The van der Waals surface area contributed by atoms with E-state index in [-0.39, 0.29) is 34.2 Å². The molecule has 36 heavy (non-hydrogen) atoms. The maximum atomic E-state index is 13.7. The van der Waals surface area contributed by atoms with Gasteiger partial charge in [0.2, 0.25) is 21.8 Å². The molecule has 0 heterocycles. The number of hydrogen-bond acceptors (Lipinski definition) is 4. The van der Waals surface area contributed by atoms with Crippen molar-refractivity contribution in [3.8, 4) is 0 Å². The molecule has 1 N–H and O–H groups in total. The highest BCUT2D eigenvalue weighted by atomic mass is 35.5. The monoisotopic (exact) mass is 595 g/mol. The van der Waals surface area contributed by atoms with Crippen molar-refractivity contribution in [1.82, 2.24) is 10.2 Å². The van der Waals surface area contributed by atoms with E-state index in [1.54, 1.807) is 25.1 Å². The summed E-state index contributed by atoms with van der Waals surface area (Å²) in [6.45, 7) is 5.05. The molecular weight excluding hydrogens is 568 g/mol. The SMILES string of the molecule is CC[C@H](C)NC(=O)[C@H](CC)N(Cc1ccc(Cl)c(Cl)c1)C(=O)CN(c1ccc(Cl)c(Cl)c1)S(C)(=O)=O. The Morgan fingerprint density at radius 2 is 1.50 bits per heavy atom. The predicted octanol–water partition coefficient (Wildman–Crippen LogP) is 5.79. The number of carbonyl (C=O) groups is 2. The summed E-state index contributed by atoms with van der Waals surface area (Å²) in [7, 11) is -3.89. The summed E-state index contributed by atoms with van der Waals surface area (Å²) in [4.78, 5) is 28.1. The standard InChI is InChI=1S/C24H29Cl4N3O4S/c1-5-15(3)29-24(33)22(6-2)30(13-16-7-9-18(25)20(27)11-16)23(32)14-31(36(4,34)35)17-8-10-19(26)21(28)12-17/h7-12,15,22H,5-6,13-14H2,1-4H3,(H,29,33)/t15-,22-/m0/s1. The number of hydrogen-bond donors (Lipinski definition) is 1. The molecule has 12 heteroatoms. The lowest BCUT2D eigenvalue weighted by Crippen LogP contribution is -2.53. The molecule has 198 valence electrons. The van der Waals surface area contributed by atoms with Crippen LogP contribution in [0.2, 0.25) is 20.1 Å². The molecule has 0 aliphatic rings. The Balaban J connectivity index is 2.48. The summed E-state index contributed by atoms with van der Waals surface area (Å²) in [6.07, 6.45) is 2.00. The third kappa shape index (κ3) is 8.15. The Bertz CT molecular complexity index is 1210. The van der Waals surface area contributed by atoms with Crippen LogP contribution in [0, 0.1) is 0 Å². The summed E-state index contributed by atoms with van der Waals surface area (Å²) in [5.41, 5.74) is 0.805. The van der Waals surface area contributed by atoms with Crippen molar-refractivity contribution in [2.75, 3.05) is 17.1 Å². The first-order valence-electron chi connectivity index (χ1n) is 11.2. The van der Waals surface area contributed by atoms with Crippen LogP contribution in [0.5, 0.6) is 0 Å².